The second-order valence-electron chi connectivity index (χ2n) is 6.87. The van der Waals surface area contributed by atoms with Crippen molar-refractivity contribution in [3.05, 3.63) is 47.3 Å². The third-order valence-electron chi connectivity index (χ3n) is 5.07. The van der Waals surface area contributed by atoms with Gasteiger partial charge >= 0.3 is 5.97 Å². The summed E-state index contributed by atoms with van der Waals surface area (Å²) in [4.78, 5) is 13.8. The van der Waals surface area contributed by atoms with Gasteiger partial charge in [-0.3, -0.25) is 9.58 Å². The summed E-state index contributed by atoms with van der Waals surface area (Å²) in [6, 6.07) is 7.68. The number of aromatic nitrogens is 3. The highest BCUT2D eigenvalue weighted by atomic mass is 16.4. The number of hydrogen-bond acceptors (Lipinski definition) is 4. The molecule has 0 amide bonds. The van der Waals surface area contributed by atoms with Crippen molar-refractivity contribution in [3.8, 4) is 0 Å². The van der Waals surface area contributed by atoms with Gasteiger partial charge in [0.15, 0.2) is 0 Å². The van der Waals surface area contributed by atoms with E-state index in [1.165, 1.54) is 12.8 Å². The SMILES string of the molecule is O=C(O)c1ccccc1CN1CCC[C@H]1Cn1cc(C2CC2)nn1. The maximum absolute atomic E-state index is 11.4. The van der Waals surface area contributed by atoms with Crippen LogP contribution in [0.5, 0.6) is 0 Å². The van der Waals surface area contributed by atoms with Crippen molar-refractivity contribution in [2.24, 2.45) is 0 Å². The Kier molecular flexibility index (Phi) is 4.06. The van der Waals surface area contributed by atoms with Crippen LogP contribution in [-0.4, -0.2) is 43.6 Å². The fraction of sp³-hybridized carbons (Fsp3) is 0.500. The number of nitrogens with zero attached hydrogens (tertiary/aromatic N) is 4. The number of carboxylic acids is 1. The zero-order valence-electron chi connectivity index (χ0n) is 13.6. The molecule has 1 aliphatic heterocycles. The minimum atomic E-state index is -0.855. The summed E-state index contributed by atoms with van der Waals surface area (Å²) in [5.41, 5.74) is 2.41. The molecule has 2 fully saturated rings. The maximum atomic E-state index is 11.4. The molecule has 0 bridgehead atoms. The lowest BCUT2D eigenvalue weighted by Crippen LogP contribution is -2.33. The summed E-state index contributed by atoms with van der Waals surface area (Å²) >= 11 is 0. The van der Waals surface area contributed by atoms with E-state index in [4.69, 9.17) is 0 Å². The van der Waals surface area contributed by atoms with Gasteiger partial charge in [-0.15, -0.1) is 5.10 Å². The zero-order valence-corrected chi connectivity index (χ0v) is 13.6. The molecule has 24 heavy (non-hydrogen) atoms. The molecule has 2 aromatic rings. The lowest BCUT2D eigenvalue weighted by atomic mass is 10.1. The van der Waals surface area contributed by atoms with Crippen molar-refractivity contribution in [3.63, 3.8) is 0 Å². The first-order valence-electron chi connectivity index (χ1n) is 8.66. The molecule has 6 nitrogen and oxygen atoms in total. The number of carbonyl (C=O) groups is 1. The number of benzene rings is 1. The predicted molar refractivity (Wildman–Crippen MR) is 88.8 cm³/mol. The number of hydrogen-bond donors (Lipinski definition) is 1. The van der Waals surface area contributed by atoms with E-state index in [1.54, 1.807) is 12.1 Å². The molecule has 1 aromatic heterocycles. The highest BCUT2D eigenvalue weighted by molar-refractivity contribution is 5.89. The van der Waals surface area contributed by atoms with Crippen molar-refractivity contribution in [2.75, 3.05) is 6.54 Å². The Morgan fingerprint density at radius 1 is 1.25 bits per heavy atom. The van der Waals surface area contributed by atoms with Gasteiger partial charge in [0, 0.05) is 24.7 Å². The summed E-state index contributed by atoms with van der Waals surface area (Å²) in [5.74, 6) is -0.229. The van der Waals surface area contributed by atoms with Crippen LogP contribution in [0.3, 0.4) is 0 Å². The Balaban J connectivity index is 1.45. The number of likely N-dealkylation sites (tertiary alicyclic amines) is 1. The molecule has 1 aromatic carbocycles. The summed E-state index contributed by atoms with van der Waals surface area (Å²) < 4.78 is 1.96. The Bertz CT molecular complexity index is 738. The molecule has 1 aliphatic carbocycles. The Hall–Kier alpha value is -2.21. The van der Waals surface area contributed by atoms with Crippen molar-refractivity contribution in [1.82, 2.24) is 19.9 Å². The van der Waals surface area contributed by atoms with Crippen LogP contribution >= 0.6 is 0 Å². The summed E-state index contributed by atoms with van der Waals surface area (Å²) in [6.07, 6.45) is 6.82. The molecule has 1 atom stereocenters. The molecule has 2 heterocycles. The lowest BCUT2D eigenvalue weighted by Gasteiger charge is -2.24. The largest absolute Gasteiger partial charge is 0.478 e. The molecule has 0 radical (unpaired) electrons. The van der Waals surface area contributed by atoms with E-state index >= 15 is 0 Å². The van der Waals surface area contributed by atoms with Crippen molar-refractivity contribution in [1.29, 1.82) is 0 Å². The van der Waals surface area contributed by atoms with Gasteiger partial charge in [-0.1, -0.05) is 23.4 Å². The van der Waals surface area contributed by atoms with Gasteiger partial charge in [0.2, 0.25) is 0 Å². The Morgan fingerprint density at radius 3 is 2.88 bits per heavy atom. The minimum Gasteiger partial charge on any atom is -0.478 e. The van der Waals surface area contributed by atoms with E-state index in [9.17, 15) is 9.90 Å². The van der Waals surface area contributed by atoms with E-state index in [1.807, 2.05) is 16.8 Å². The molecule has 1 N–H and O–H groups in total. The molecular weight excluding hydrogens is 304 g/mol. The highest BCUT2D eigenvalue weighted by Gasteiger charge is 2.29. The predicted octanol–water partition coefficient (Wildman–Crippen LogP) is 2.52. The Labute approximate surface area is 141 Å². The molecule has 1 saturated heterocycles. The summed E-state index contributed by atoms with van der Waals surface area (Å²) in [6.45, 7) is 2.51. The van der Waals surface area contributed by atoms with Gasteiger partial charge in [0.25, 0.3) is 0 Å². The standard InChI is InChI=1S/C18H22N4O2/c23-18(24)16-6-2-1-4-14(16)10-21-9-3-5-15(21)11-22-12-17(19-20-22)13-7-8-13/h1-2,4,6,12-13,15H,3,5,7-11H2,(H,23,24)/t15-/m0/s1. The van der Waals surface area contributed by atoms with Gasteiger partial charge in [-0.25, -0.2) is 4.79 Å². The second kappa shape index (κ2) is 6.36. The van der Waals surface area contributed by atoms with Crippen molar-refractivity contribution in [2.45, 2.75) is 50.7 Å². The average Bonchev–Trinajstić information content (AvgIpc) is 3.18. The number of rotatable bonds is 6. The molecule has 4 rings (SSSR count). The van der Waals surface area contributed by atoms with Crippen LogP contribution in [0.25, 0.3) is 0 Å². The quantitative estimate of drug-likeness (QED) is 0.883. The first-order valence-corrected chi connectivity index (χ1v) is 8.66. The van der Waals surface area contributed by atoms with Gasteiger partial charge in [-0.05, 0) is 43.9 Å². The fourth-order valence-corrected chi connectivity index (χ4v) is 3.58. The normalized spacial score (nSPS) is 21.2. The van der Waals surface area contributed by atoms with Crippen LogP contribution in [-0.2, 0) is 13.1 Å². The van der Waals surface area contributed by atoms with E-state index in [-0.39, 0.29) is 0 Å². The lowest BCUT2D eigenvalue weighted by molar-refractivity contribution is 0.0694. The first kappa shape index (κ1) is 15.3. The molecule has 2 aliphatic rings. The van der Waals surface area contributed by atoms with Crippen LogP contribution in [0.1, 0.15) is 53.2 Å². The van der Waals surface area contributed by atoms with Gasteiger partial charge in [-0.2, -0.15) is 0 Å². The summed E-state index contributed by atoms with van der Waals surface area (Å²) in [7, 11) is 0. The molecule has 6 heteroatoms. The zero-order chi connectivity index (χ0) is 16.5. The van der Waals surface area contributed by atoms with Crippen molar-refractivity contribution < 1.29 is 9.90 Å². The first-order chi connectivity index (χ1) is 11.7. The van der Waals surface area contributed by atoms with E-state index < -0.39 is 5.97 Å². The average molecular weight is 326 g/mol. The van der Waals surface area contributed by atoms with Crippen molar-refractivity contribution >= 4 is 5.97 Å². The molecule has 0 spiro atoms. The molecule has 126 valence electrons. The smallest absolute Gasteiger partial charge is 0.336 e. The van der Waals surface area contributed by atoms with Crippen LogP contribution in [0.4, 0.5) is 0 Å². The Morgan fingerprint density at radius 2 is 2.08 bits per heavy atom. The number of aromatic carboxylic acids is 1. The van der Waals surface area contributed by atoms with Gasteiger partial charge in [0.05, 0.1) is 17.8 Å². The monoisotopic (exact) mass is 326 g/mol. The molecule has 1 saturated carbocycles. The minimum absolute atomic E-state index is 0.389. The molecular formula is C18H22N4O2. The highest BCUT2D eigenvalue weighted by Crippen LogP contribution is 2.38. The van der Waals surface area contributed by atoms with E-state index in [0.717, 1.165) is 37.2 Å². The van der Waals surface area contributed by atoms with E-state index in [2.05, 4.69) is 21.4 Å². The van der Waals surface area contributed by atoms with E-state index in [0.29, 0.717) is 24.1 Å². The van der Waals surface area contributed by atoms with Gasteiger partial charge in [0.1, 0.15) is 0 Å². The van der Waals surface area contributed by atoms with Crippen LogP contribution in [0, 0.1) is 0 Å². The maximum Gasteiger partial charge on any atom is 0.336 e. The third-order valence-corrected chi connectivity index (χ3v) is 5.07. The van der Waals surface area contributed by atoms with Crippen LogP contribution < -0.4 is 0 Å². The topological polar surface area (TPSA) is 71.2 Å². The van der Waals surface area contributed by atoms with Crippen LogP contribution in [0.2, 0.25) is 0 Å². The fourth-order valence-electron chi connectivity index (χ4n) is 3.58. The van der Waals surface area contributed by atoms with Gasteiger partial charge < -0.3 is 5.11 Å². The summed E-state index contributed by atoms with van der Waals surface area (Å²) in [5, 5.41) is 17.9. The van der Waals surface area contributed by atoms with Crippen LogP contribution in [0.15, 0.2) is 30.5 Å². The second-order valence-corrected chi connectivity index (χ2v) is 6.87. The number of carboxylic acid groups (broad SMARTS) is 1. The third kappa shape index (κ3) is 3.19. The molecule has 0 unspecified atom stereocenters.